The summed E-state index contributed by atoms with van der Waals surface area (Å²) in [6, 6.07) is 12.5. The van der Waals surface area contributed by atoms with Gasteiger partial charge in [0.15, 0.2) is 0 Å². The quantitative estimate of drug-likeness (QED) is 0.353. The number of halogens is 1. The number of benzene rings is 2. The minimum absolute atomic E-state index is 0.167. The molecule has 2 heterocycles. The zero-order valence-electron chi connectivity index (χ0n) is 19.8. The normalized spacial score (nSPS) is 15.9. The van der Waals surface area contributed by atoms with E-state index in [1.165, 1.54) is 24.2 Å². The summed E-state index contributed by atoms with van der Waals surface area (Å²) in [4.78, 5) is 22.2. The van der Waals surface area contributed by atoms with E-state index in [0.717, 1.165) is 22.8 Å². The molecule has 36 heavy (non-hydrogen) atoms. The molecule has 1 N–H and O–H groups in total. The van der Waals surface area contributed by atoms with E-state index in [-0.39, 0.29) is 11.9 Å². The molecule has 5 rings (SSSR count). The number of carbonyl (C=O) groups is 1. The molecule has 1 aliphatic heterocycles. The zero-order valence-corrected chi connectivity index (χ0v) is 21.3. The molecule has 1 aliphatic carbocycles. The Kier molecular flexibility index (Phi) is 7.53. The Labute approximate surface area is 218 Å². The Morgan fingerprint density at radius 2 is 2.19 bits per heavy atom. The first-order valence-corrected chi connectivity index (χ1v) is 13.1. The van der Waals surface area contributed by atoms with Crippen molar-refractivity contribution in [2.75, 3.05) is 19.8 Å². The van der Waals surface area contributed by atoms with Crippen molar-refractivity contribution in [2.24, 2.45) is 10.9 Å². The maximum Gasteiger partial charge on any atom is 0.279 e. The summed E-state index contributed by atoms with van der Waals surface area (Å²) in [7, 11) is 0. The van der Waals surface area contributed by atoms with Crippen LogP contribution in [0, 0.1) is 5.92 Å². The average Bonchev–Trinajstić information content (AvgIpc) is 3.34. The van der Waals surface area contributed by atoms with Gasteiger partial charge in [-0.1, -0.05) is 35.1 Å². The molecule has 1 atom stereocenters. The summed E-state index contributed by atoms with van der Waals surface area (Å²) in [5.74, 6) is 2.36. The number of hydrogen-bond donors (Lipinski definition) is 1. The number of carbonyl (C=O) groups excluding carboxylic acids is 1. The van der Waals surface area contributed by atoms with Crippen LogP contribution in [0.5, 0.6) is 16.7 Å². The molecule has 0 unspecified atom stereocenters. The number of rotatable bonds is 10. The van der Waals surface area contributed by atoms with Crippen molar-refractivity contribution in [3.8, 4) is 16.7 Å². The van der Waals surface area contributed by atoms with E-state index >= 15 is 0 Å². The molecule has 0 saturated heterocycles. The number of nitrogens with zero attached hydrogens (tertiary/aromatic N) is 2. The number of amides is 1. The van der Waals surface area contributed by atoms with Crippen LogP contribution in [-0.2, 0) is 4.74 Å². The minimum Gasteiger partial charge on any atom is -0.493 e. The average molecular weight is 524 g/mol. The largest absolute Gasteiger partial charge is 0.493 e. The van der Waals surface area contributed by atoms with E-state index in [1.54, 1.807) is 30.5 Å². The van der Waals surface area contributed by atoms with Crippen LogP contribution in [0.15, 0.2) is 59.7 Å². The molecule has 9 heteroatoms. The minimum atomic E-state index is -0.190. The van der Waals surface area contributed by atoms with Crippen LogP contribution in [0.25, 0.3) is 6.08 Å². The summed E-state index contributed by atoms with van der Waals surface area (Å²) in [6.45, 7) is 3.86. The first-order chi connectivity index (χ1) is 17.5. The maximum absolute atomic E-state index is 12.7. The lowest BCUT2D eigenvalue weighted by Crippen LogP contribution is -2.31. The van der Waals surface area contributed by atoms with Gasteiger partial charge in [0.05, 0.1) is 23.1 Å². The molecule has 1 saturated carbocycles. The number of nitrogens with one attached hydrogen (secondary N) is 1. The molecule has 1 fully saturated rings. The van der Waals surface area contributed by atoms with Crippen molar-refractivity contribution >= 4 is 40.8 Å². The number of ether oxygens (including phenoxy) is 3. The Bertz CT molecular complexity index is 1300. The van der Waals surface area contributed by atoms with Gasteiger partial charge in [-0.15, -0.1) is 0 Å². The smallest absolute Gasteiger partial charge is 0.279 e. The van der Waals surface area contributed by atoms with Gasteiger partial charge in [-0.25, -0.2) is 9.98 Å². The SMILES string of the molecule is C[C@@H](/C=C/c1cnc(Oc2ccc(OCC3CC3)cc2Cl)s1)NC(=O)c1cccc(C2=NCCO2)c1. The Hall–Kier alpha value is -3.36. The van der Waals surface area contributed by atoms with Crippen LogP contribution < -0.4 is 14.8 Å². The van der Waals surface area contributed by atoms with Gasteiger partial charge in [0.2, 0.25) is 5.90 Å². The summed E-state index contributed by atoms with van der Waals surface area (Å²) in [5, 5.41) is 3.94. The fraction of sp³-hybridized carbons (Fsp3) is 0.296. The van der Waals surface area contributed by atoms with Crippen LogP contribution in [-0.4, -0.2) is 42.6 Å². The molecule has 1 amide bonds. The first kappa shape index (κ1) is 24.3. The van der Waals surface area contributed by atoms with E-state index in [1.807, 2.05) is 37.3 Å². The third-order valence-corrected chi connectivity index (χ3v) is 6.79. The number of hydrogen-bond acceptors (Lipinski definition) is 7. The molecular weight excluding hydrogens is 498 g/mol. The second kappa shape index (κ2) is 11.1. The van der Waals surface area contributed by atoms with E-state index in [2.05, 4.69) is 15.3 Å². The summed E-state index contributed by atoms with van der Waals surface area (Å²) in [6.07, 6.45) is 8.01. The van der Waals surface area contributed by atoms with Gasteiger partial charge in [-0.2, -0.15) is 0 Å². The highest BCUT2D eigenvalue weighted by Gasteiger charge is 2.22. The number of aromatic nitrogens is 1. The second-order valence-electron chi connectivity index (χ2n) is 8.71. The van der Waals surface area contributed by atoms with Crippen LogP contribution in [0.1, 0.15) is 40.6 Å². The molecule has 186 valence electrons. The third kappa shape index (κ3) is 6.44. The molecule has 0 spiro atoms. The molecular formula is C27H26ClN3O4S. The van der Waals surface area contributed by atoms with E-state index < -0.39 is 0 Å². The van der Waals surface area contributed by atoms with Crippen molar-refractivity contribution in [3.63, 3.8) is 0 Å². The van der Waals surface area contributed by atoms with Gasteiger partial charge < -0.3 is 19.5 Å². The monoisotopic (exact) mass is 523 g/mol. The van der Waals surface area contributed by atoms with Crippen molar-refractivity contribution in [3.05, 3.63) is 75.8 Å². The molecule has 2 aliphatic rings. The topological polar surface area (TPSA) is 82.0 Å². The lowest BCUT2D eigenvalue weighted by Gasteiger charge is -2.10. The first-order valence-electron chi connectivity index (χ1n) is 11.9. The van der Waals surface area contributed by atoms with Gasteiger partial charge in [-0.3, -0.25) is 4.79 Å². The number of aliphatic imine (C=N–C) groups is 1. The standard InChI is InChI=1S/C27H26ClN3O4S/c1-17(31-25(32)19-3-2-4-20(13-19)26-29-11-12-33-26)5-9-22-15-30-27(36-22)35-24-10-8-21(14-23(24)28)34-16-18-6-7-18/h2-5,8-10,13-15,17-18H,6-7,11-12,16H2,1H3,(H,31,32)/b9-5+/t17-/m0/s1. The van der Waals surface area contributed by atoms with Crippen molar-refractivity contribution < 1.29 is 19.0 Å². The summed E-state index contributed by atoms with van der Waals surface area (Å²) >= 11 is 7.76. The molecule has 1 aromatic heterocycles. The Morgan fingerprint density at radius 1 is 1.31 bits per heavy atom. The van der Waals surface area contributed by atoms with Gasteiger partial charge in [0.25, 0.3) is 11.1 Å². The molecule has 0 radical (unpaired) electrons. The van der Waals surface area contributed by atoms with Crippen molar-refractivity contribution in [2.45, 2.75) is 25.8 Å². The lowest BCUT2D eigenvalue weighted by atomic mass is 10.1. The highest BCUT2D eigenvalue weighted by atomic mass is 35.5. The van der Waals surface area contributed by atoms with E-state index in [4.69, 9.17) is 25.8 Å². The summed E-state index contributed by atoms with van der Waals surface area (Å²) in [5.41, 5.74) is 1.36. The maximum atomic E-state index is 12.7. The predicted molar refractivity (Wildman–Crippen MR) is 142 cm³/mol. The Balaban J connectivity index is 1.14. The fourth-order valence-corrected chi connectivity index (χ4v) is 4.42. The van der Waals surface area contributed by atoms with Crippen LogP contribution in [0.3, 0.4) is 0 Å². The van der Waals surface area contributed by atoms with Crippen molar-refractivity contribution in [1.82, 2.24) is 10.3 Å². The van der Waals surface area contributed by atoms with Crippen LogP contribution in [0.4, 0.5) is 0 Å². The zero-order chi connectivity index (χ0) is 24.9. The van der Waals surface area contributed by atoms with E-state index in [0.29, 0.717) is 46.5 Å². The molecule has 2 aromatic carbocycles. The predicted octanol–water partition coefficient (Wildman–Crippen LogP) is 5.99. The summed E-state index contributed by atoms with van der Waals surface area (Å²) < 4.78 is 17.1. The highest BCUT2D eigenvalue weighted by Crippen LogP contribution is 2.35. The van der Waals surface area contributed by atoms with Crippen LogP contribution >= 0.6 is 22.9 Å². The van der Waals surface area contributed by atoms with Crippen molar-refractivity contribution in [1.29, 1.82) is 0 Å². The van der Waals surface area contributed by atoms with Crippen LogP contribution in [0.2, 0.25) is 5.02 Å². The van der Waals surface area contributed by atoms with Gasteiger partial charge in [0.1, 0.15) is 18.1 Å². The van der Waals surface area contributed by atoms with E-state index in [9.17, 15) is 4.79 Å². The highest BCUT2D eigenvalue weighted by molar-refractivity contribution is 7.14. The fourth-order valence-electron chi connectivity index (χ4n) is 3.52. The van der Waals surface area contributed by atoms with Gasteiger partial charge >= 0.3 is 0 Å². The lowest BCUT2D eigenvalue weighted by molar-refractivity contribution is 0.0947. The number of thiazole rings is 1. The van der Waals surface area contributed by atoms with Gasteiger partial charge in [0, 0.05) is 29.4 Å². The Morgan fingerprint density at radius 3 is 2.97 bits per heavy atom. The molecule has 0 bridgehead atoms. The van der Waals surface area contributed by atoms with Gasteiger partial charge in [-0.05, 0) is 62.1 Å². The second-order valence-corrected chi connectivity index (χ2v) is 10.1. The third-order valence-electron chi connectivity index (χ3n) is 5.65. The molecule has 7 nitrogen and oxygen atoms in total. The molecule has 3 aromatic rings.